The standard InChI is InChI=1S/C28H32N2O4/c31-27(26-10-5-17-32-26)29-19-25-11-12-28(34-25)13-15-30(16-14-28)20-23-8-4-9-24(18-23)33-21-22-6-2-1-3-7-22/h1-10,17-18,25H,11-16,19-21H2,(H,29,31). The Hall–Kier alpha value is -3.09. The van der Waals surface area contributed by atoms with Crippen LogP contribution in [0, 0.1) is 0 Å². The van der Waals surface area contributed by atoms with E-state index in [-0.39, 0.29) is 17.6 Å². The molecule has 2 saturated heterocycles. The number of amides is 1. The maximum absolute atomic E-state index is 12.1. The molecule has 1 aromatic heterocycles. The molecule has 178 valence electrons. The summed E-state index contributed by atoms with van der Waals surface area (Å²) in [5, 5.41) is 2.94. The van der Waals surface area contributed by atoms with Crippen molar-refractivity contribution in [3.8, 4) is 5.75 Å². The lowest BCUT2D eigenvalue weighted by molar-refractivity contribution is -0.0764. The van der Waals surface area contributed by atoms with E-state index < -0.39 is 0 Å². The molecule has 0 radical (unpaired) electrons. The molecule has 6 nitrogen and oxygen atoms in total. The molecule has 1 atom stereocenters. The Bertz CT molecular complexity index is 1060. The molecule has 2 aliphatic heterocycles. The summed E-state index contributed by atoms with van der Waals surface area (Å²) in [4.78, 5) is 14.6. The molecule has 2 aliphatic rings. The topological polar surface area (TPSA) is 63.9 Å². The smallest absolute Gasteiger partial charge is 0.287 e. The SMILES string of the molecule is O=C(NCC1CCC2(CCN(Cc3cccc(OCc4ccccc4)c3)CC2)O1)c1ccco1. The number of rotatable bonds is 8. The minimum absolute atomic E-state index is 0.0444. The maximum atomic E-state index is 12.1. The first-order chi connectivity index (χ1) is 16.7. The molecule has 1 amide bonds. The number of carbonyl (C=O) groups excluding carboxylic acids is 1. The van der Waals surface area contributed by atoms with Crippen molar-refractivity contribution in [2.75, 3.05) is 19.6 Å². The van der Waals surface area contributed by atoms with E-state index in [4.69, 9.17) is 13.9 Å². The fourth-order valence-electron chi connectivity index (χ4n) is 4.96. The highest BCUT2D eigenvalue weighted by molar-refractivity contribution is 5.91. The van der Waals surface area contributed by atoms with Crippen LogP contribution < -0.4 is 10.1 Å². The number of carbonyl (C=O) groups is 1. The Labute approximate surface area is 200 Å². The van der Waals surface area contributed by atoms with Crippen molar-refractivity contribution in [1.82, 2.24) is 10.2 Å². The van der Waals surface area contributed by atoms with Crippen LogP contribution in [0.4, 0.5) is 0 Å². The van der Waals surface area contributed by atoms with E-state index in [1.807, 2.05) is 24.3 Å². The summed E-state index contributed by atoms with van der Waals surface area (Å²) in [6.45, 7) is 4.06. The van der Waals surface area contributed by atoms with Gasteiger partial charge in [-0.05, 0) is 61.1 Å². The molecular weight excluding hydrogens is 428 g/mol. The van der Waals surface area contributed by atoms with Crippen molar-refractivity contribution in [3.63, 3.8) is 0 Å². The van der Waals surface area contributed by atoms with E-state index in [0.717, 1.165) is 51.1 Å². The van der Waals surface area contributed by atoms with E-state index in [9.17, 15) is 4.79 Å². The molecule has 6 heteroatoms. The zero-order valence-corrected chi connectivity index (χ0v) is 19.4. The third-order valence-corrected chi connectivity index (χ3v) is 6.89. The van der Waals surface area contributed by atoms with Gasteiger partial charge in [-0.25, -0.2) is 0 Å². The van der Waals surface area contributed by atoms with E-state index in [1.54, 1.807) is 12.1 Å². The minimum atomic E-state index is -0.181. The molecular formula is C28H32N2O4. The van der Waals surface area contributed by atoms with E-state index in [0.29, 0.717) is 18.9 Å². The van der Waals surface area contributed by atoms with Crippen LogP contribution in [0.5, 0.6) is 5.75 Å². The monoisotopic (exact) mass is 460 g/mol. The molecule has 0 saturated carbocycles. The maximum Gasteiger partial charge on any atom is 0.287 e. The minimum Gasteiger partial charge on any atom is -0.489 e. The summed E-state index contributed by atoms with van der Waals surface area (Å²) in [5.74, 6) is 1.07. The van der Waals surface area contributed by atoms with Gasteiger partial charge in [-0.1, -0.05) is 42.5 Å². The fourth-order valence-corrected chi connectivity index (χ4v) is 4.96. The first-order valence-electron chi connectivity index (χ1n) is 12.2. The van der Waals surface area contributed by atoms with E-state index >= 15 is 0 Å². The van der Waals surface area contributed by atoms with Crippen LogP contribution in [0.25, 0.3) is 0 Å². The van der Waals surface area contributed by atoms with Gasteiger partial charge in [0, 0.05) is 26.2 Å². The fraction of sp³-hybridized carbons (Fsp3) is 0.393. The predicted octanol–water partition coefficient (Wildman–Crippen LogP) is 4.80. The van der Waals surface area contributed by atoms with Gasteiger partial charge in [0.25, 0.3) is 5.91 Å². The second kappa shape index (κ2) is 10.5. The first kappa shape index (κ1) is 22.7. The van der Waals surface area contributed by atoms with Crippen molar-refractivity contribution in [2.45, 2.75) is 50.5 Å². The van der Waals surface area contributed by atoms with Crippen LogP contribution in [0.3, 0.4) is 0 Å². The van der Waals surface area contributed by atoms with Crippen LogP contribution >= 0.6 is 0 Å². The largest absolute Gasteiger partial charge is 0.489 e. The molecule has 5 rings (SSSR count). The van der Waals surface area contributed by atoms with Gasteiger partial charge in [0.05, 0.1) is 18.0 Å². The molecule has 2 fully saturated rings. The zero-order chi connectivity index (χ0) is 23.2. The van der Waals surface area contributed by atoms with Crippen LogP contribution in [-0.2, 0) is 17.9 Å². The number of ether oxygens (including phenoxy) is 2. The lowest BCUT2D eigenvalue weighted by Gasteiger charge is -2.39. The van der Waals surface area contributed by atoms with Gasteiger partial charge in [0.2, 0.25) is 0 Å². The molecule has 2 aromatic carbocycles. The lowest BCUT2D eigenvalue weighted by atomic mass is 9.88. The summed E-state index contributed by atoms with van der Waals surface area (Å²) in [6.07, 6.45) is 5.69. The highest BCUT2D eigenvalue weighted by atomic mass is 16.5. The number of benzene rings is 2. The van der Waals surface area contributed by atoms with Crippen molar-refractivity contribution >= 4 is 5.91 Å². The summed E-state index contributed by atoms with van der Waals surface area (Å²) in [7, 11) is 0. The number of hydrogen-bond acceptors (Lipinski definition) is 5. The van der Waals surface area contributed by atoms with E-state index in [1.165, 1.54) is 17.4 Å². The van der Waals surface area contributed by atoms with E-state index in [2.05, 4.69) is 40.5 Å². The summed E-state index contributed by atoms with van der Waals surface area (Å²) in [6, 6.07) is 22.1. The highest BCUT2D eigenvalue weighted by Crippen LogP contribution is 2.39. The van der Waals surface area contributed by atoms with Gasteiger partial charge in [0.1, 0.15) is 12.4 Å². The third kappa shape index (κ3) is 5.69. The summed E-state index contributed by atoms with van der Waals surface area (Å²) in [5.41, 5.74) is 2.40. The predicted molar refractivity (Wildman–Crippen MR) is 130 cm³/mol. The Kier molecular flexibility index (Phi) is 6.97. The Morgan fingerprint density at radius 2 is 1.82 bits per heavy atom. The lowest BCUT2D eigenvalue weighted by Crippen LogP contribution is -2.44. The van der Waals surface area contributed by atoms with Crippen molar-refractivity contribution in [3.05, 3.63) is 89.9 Å². The average Bonchev–Trinajstić information content (AvgIpc) is 3.55. The van der Waals surface area contributed by atoms with Crippen LogP contribution in [0.2, 0.25) is 0 Å². The van der Waals surface area contributed by atoms with Crippen molar-refractivity contribution < 1.29 is 18.7 Å². The Morgan fingerprint density at radius 3 is 2.62 bits per heavy atom. The first-order valence-corrected chi connectivity index (χ1v) is 12.2. The molecule has 1 unspecified atom stereocenters. The molecule has 3 heterocycles. The summed E-state index contributed by atoms with van der Waals surface area (Å²) >= 11 is 0. The van der Waals surface area contributed by atoms with Crippen molar-refractivity contribution in [1.29, 1.82) is 0 Å². The molecule has 0 bridgehead atoms. The number of nitrogens with one attached hydrogen (secondary N) is 1. The second-order valence-corrected chi connectivity index (χ2v) is 9.35. The second-order valence-electron chi connectivity index (χ2n) is 9.35. The van der Waals surface area contributed by atoms with Gasteiger partial charge in [-0.15, -0.1) is 0 Å². The number of likely N-dealkylation sites (tertiary alicyclic amines) is 1. The van der Waals surface area contributed by atoms with Gasteiger partial charge < -0.3 is 19.2 Å². The van der Waals surface area contributed by atoms with Crippen molar-refractivity contribution in [2.24, 2.45) is 0 Å². The molecule has 34 heavy (non-hydrogen) atoms. The average molecular weight is 461 g/mol. The van der Waals surface area contributed by atoms with Crippen LogP contribution in [0.15, 0.2) is 77.4 Å². The molecule has 1 spiro atoms. The number of nitrogens with zero attached hydrogens (tertiary/aromatic N) is 1. The summed E-state index contributed by atoms with van der Waals surface area (Å²) < 4.78 is 17.6. The molecule has 1 N–H and O–H groups in total. The quantitative estimate of drug-likeness (QED) is 0.523. The Balaban J connectivity index is 1.07. The molecule has 0 aliphatic carbocycles. The third-order valence-electron chi connectivity index (χ3n) is 6.89. The normalized spacial score (nSPS) is 19.8. The van der Waals surface area contributed by atoms with Gasteiger partial charge in [0.15, 0.2) is 5.76 Å². The van der Waals surface area contributed by atoms with Crippen LogP contribution in [-0.4, -0.2) is 42.1 Å². The zero-order valence-electron chi connectivity index (χ0n) is 19.4. The Morgan fingerprint density at radius 1 is 1.00 bits per heavy atom. The van der Waals surface area contributed by atoms with Gasteiger partial charge >= 0.3 is 0 Å². The highest BCUT2D eigenvalue weighted by Gasteiger charge is 2.42. The number of hydrogen-bond donors (Lipinski definition) is 1. The van der Waals surface area contributed by atoms with Gasteiger partial charge in [-0.3, -0.25) is 9.69 Å². The molecule has 3 aromatic rings. The number of piperidine rings is 1. The number of furan rings is 1. The van der Waals surface area contributed by atoms with Gasteiger partial charge in [-0.2, -0.15) is 0 Å². The van der Waals surface area contributed by atoms with Crippen LogP contribution in [0.1, 0.15) is 47.4 Å².